The summed E-state index contributed by atoms with van der Waals surface area (Å²) in [4.78, 5) is 6.90. The molecule has 1 heterocycles. The monoisotopic (exact) mass is 445 g/mol. The molecule has 1 N–H and O–H groups in total. The molecule has 5 rings (SSSR count). The number of hydrogen-bond donors (Lipinski definition) is 1. The SMILES string of the molecule is O[C@@H](CN(c1ccccc1)c1ccccc1)Cn1cnc(-c2ccccc2)c1-c1ccccc1. The van der Waals surface area contributed by atoms with Crippen LogP contribution in [0.1, 0.15) is 0 Å². The molecule has 1 atom stereocenters. The Morgan fingerprint density at radius 3 is 1.65 bits per heavy atom. The van der Waals surface area contributed by atoms with E-state index in [1.54, 1.807) is 0 Å². The van der Waals surface area contributed by atoms with Crippen molar-refractivity contribution in [2.24, 2.45) is 0 Å². The molecular formula is C30H27N3O. The van der Waals surface area contributed by atoms with Crippen LogP contribution >= 0.6 is 0 Å². The largest absolute Gasteiger partial charge is 0.389 e. The van der Waals surface area contributed by atoms with E-state index in [0.29, 0.717) is 13.1 Å². The molecule has 5 aromatic rings. The van der Waals surface area contributed by atoms with Crippen molar-refractivity contribution >= 4 is 11.4 Å². The van der Waals surface area contributed by atoms with E-state index in [1.807, 2.05) is 79.1 Å². The summed E-state index contributed by atoms with van der Waals surface area (Å²) in [7, 11) is 0. The van der Waals surface area contributed by atoms with Gasteiger partial charge >= 0.3 is 0 Å². The lowest BCUT2D eigenvalue weighted by Crippen LogP contribution is -2.31. The number of aliphatic hydroxyl groups is 1. The number of aromatic nitrogens is 2. The third-order valence-corrected chi connectivity index (χ3v) is 5.87. The molecule has 4 heteroatoms. The molecule has 0 bridgehead atoms. The van der Waals surface area contributed by atoms with Gasteiger partial charge in [0.05, 0.1) is 36.9 Å². The zero-order valence-electron chi connectivity index (χ0n) is 18.9. The van der Waals surface area contributed by atoms with Gasteiger partial charge in [-0.05, 0) is 24.3 Å². The van der Waals surface area contributed by atoms with Crippen molar-refractivity contribution in [3.8, 4) is 22.5 Å². The first kappa shape index (κ1) is 21.7. The van der Waals surface area contributed by atoms with Crippen LogP contribution in [0.25, 0.3) is 22.5 Å². The molecule has 0 fully saturated rings. The van der Waals surface area contributed by atoms with Gasteiger partial charge in [0.15, 0.2) is 0 Å². The van der Waals surface area contributed by atoms with Crippen LogP contribution in [0.2, 0.25) is 0 Å². The third-order valence-electron chi connectivity index (χ3n) is 5.87. The maximum absolute atomic E-state index is 11.3. The minimum atomic E-state index is -0.610. The Morgan fingerprint density at radius 2 is 1.12 bits per heavy atom. The highest BCUT2D eigenvalue weighted by Gasteiger charge is 2.19. The van der Waals surface area contributed by atoms with Crippen LogP contribution in [0, 0.1) is 0 Å². The number of rotatable bonds is 8. The summed E-state index contributed by atoms with van der Waals surface area (Å²) in [5, 5.41) is 11.3. The van der Waals surface area contributed by atoms with Gasteiger partial charge in [0, 0.05) is 22.5 Å². The summed E-state index contributed by atoms with van der Waals surface area (Å²) < 4.78 is 2.07. The average molecular weight is 446 g/mol. The minimum Gasteiger partial charge on any atom is -0.389 e. The Balaban J connectivity index is 1.46. The Kier molecular flexibility index (Phi) is 6.50. The van der Waals surface area contributed by atoms with Crippen molar-refractivity contribution in [1.82, 2.24) is 9.55 Å². The minimum absolute atomic E-state index is 0.431. The zero-order chi connectivity index (χ0) is 23.2. The fraction of sp³-hybridized carbons (Fsp3) is 0.100. The molecule has 0 amide bonds. The van der Waals surface area contributed by atoms with Crippen molar-refractivity contribution in [3.63, 3.8) is 0 Å². The van der Waals surface area contributed by atoms with Gasteiger partial charge in [0.25, 0.3) is 0 Å². The summed E-state index contributed by atoms with van der Waals surface area (Å²) in [6, 6.07) is 40.8. The van der Waals surface area contributed by atoms with E-state index < -0.39 is 6.10 Å². The van der Waals surface area contributed by atoms with Crippen LogP contribution < -0.4 is 4.90 Å². The van der Waals surface area contributed by atoms with E-state index in [9.17, 15) is 5.11 Å². The van der Waals surface area contributed by atoms with Crippen LogP contribution in [0.15, 0.2) is 128 Å². The number of hydrogen-bond acceptors (Lipinski definition) is 3. The van der Waals surface area contributed by atoms with E-state index >= 15 is 0 Å². The highest BCUT2D eigenvalue weighted by Crippen LogP contribution is 2.32. The lowest BCUT2D eigenvalue weighted by molar-refractivity contribution is 0.162. The van der Waals surface area contributed by atoms with Crippen LogP contribution in [0.3, 0.4) is 0 Å². The maximum atomic E-state index is 11.3. The van der Waals surface area contributed by atoms with E-state index in [4.69, 9.17) is 4.98 Å². The second-order valence-corrected chi connectivity index (χ2v) is 8.26. The molecule has 0 aliphatic carbocycles. The summed E-state index contributed by atoms with van der Waals surface area (Å²) in [5.41, 5.74) is 6.16. The van der Waals surface area contributed by atoms with E-state index in [1.165, 1.54) is 0 Å². The molecule has 0 spiro atoms. The summed E-state index contributed by atoms with van der Waals surface area (Å²) >= 11 is 0. The Bertz CT molecular complexity index is 1260. The molecule has 0 aliphatic heterocycles. The highest BCUT2D eigenvalue weighted by molar-refractivity contribution is 5.78. The maximum Gasteiger partial charge on any atom is 0.0963 e. The second-order valence-electron chi connectivity index (χ2n) is 8.26. The predicted octanol–water partition coefficient (Wildman–Crippen LogP) is 6.42. The summed E-state index contributed by atoms with van der Waals surface area (Å²) in [5.74, 6) is 0. The number of anilines is 2. The van der Waals surface area contributed by atoms with Gasteiger partial charge in [-0.15, -0.1) is 0 Å². The van der Waals surface area contributed by atoms with Crippen LogP contribution in [0.5, 0.6) is 0 Å². The Morgan fingerprint density at radius 1 is 0.647 bits per heavy atom. The number of nitrogens with zero attached hydrogens (tertiary/aromatic N) is 3. The highest BCUT2D eigenvalue weighted by atomic mass is 16.3. The van der Waals surface area contributed by atoms with Crippen molar-refractivity contribution in [2.45, 2.75) is 12.6 Å². The molecular weight excluding hydrogens is 418 g/mol. The van der Waals surface area contributed by atoms with E-state index in [0.717, 1.165) is 33.9 Å². The molecule has 0 radical (unpaired) electrons. The summed E-state index contributed by atoms with van der Waals surface area (Å²) in [6.45, 7) is 0.890. The average Bonchev–Trinajstić information content (AvgIpc) is 3.32. The van der Waals surface area contributed by atoms with Gasteiger partial charge in [0.1, 0.15) is 0 Å². The fourth-order valence-corrected chi connectivity index (χ4v) is 4.30. The first-order chi connectivity index (χ1) is 16.8. The van der Waals surface area contributed by atoms with Crippen molar-refractivity contribution < 1.29 is 5.11 Å². The van der Waals surface area contributed by atoms with Gasteiger partial charge in [-0.2, -0.15) is 0 Å². The lowest BCUT2D eigenvalue weighted by atomic mass is 10.0. The third kappa shape index (κ3) is 4.77. The first-order valence-electron chi connectivity index (χ1n) is 11.5. The molecule has 0 saturated carbocycles. The second kappa shape index (κ2) is 10.2. The van der Waals surface area contributed by atoms with Gasteiger partial charge < -0.3 is 14.6 Å². The molecule has 1 aromatic heterocycles. The smallest absolute Gasteiger partial charge is 0.0963 e. The quantitative estimate of drug-likeness (QED) is 0.300. The normalized spacial score (nSPS) is 11.8. The standard InChI is InChI=1S/C30H27N3O/c34-28(22-33(26-17-9-3-10-18-26)27-19-11-4-12-20-27)21-32-23-31-29(24-13-5-1-6-14-24)30(32)25-15-7-2-8-16-25/h1-20,23,28,34H,21-22H2/t28-/m1/s1. The van der Waals surface area contributed by atoms with Crippen molar-refractivity contribution in [2.75, 3.05) is 11.4 Å². The van der Waals surface area contributed by atoms with Crippen molar-refractivity contribution in [1.29, 1.82) is 0 Å². The first-order valence-corrected chi connectivity index (χ1v) is 11.5. The van der Waals surface area contributed by atoms with Crippen molar-refractivity contribution in [3.05, 3.63) is 128 Å². The number of imidazole rings is 1. The molecule has 34 heavy (non-hydrogen) atoms. The van der Waals surface area contributed by atoms with Gasteiger partial charge in [-0.1, -0.05) is 97.1 Å². The van der Waals surface area contributed by atoms with Gasteiger partial charge in [0.2, 0.25) is 0 Å². The number of para-hydroxylation sites is 2. The van der Waals surface area contributed by atoms with Crippen LogP contribution in [-0.2, 0) is 6.54 Å². The molecule has 0 aliphatic rings. The zero-order valence-corrected chi connectivity index (χ0v) is 18.9. The number of aliphatic hydroxyl groups excluding tert-OH is 1. The molecule has 4 aromatic carbocycles. The van der Waals surface area contributed by atoms with E-state index in [-0.39, 0.29) is 0 Å². The lowest BCUT2D eigenvalue weighted by Gasteiger charge is -2.28. The molecule has 168 valence electrons. The molecule has 0 unspecified atom stereocenters. The molecule has 0 saturated heterocycles. The van der Waals surface area contributed by atoms with E-state index in [2.05, 4.69) is 58.0 Å². The fourth-order valence-electron chi connectivity index (χ4n) is 4.30. The van der Waals surface area contributed by atoms with Gasteiger partial charge in [-0.3, -0.25) is 0 Å². The van der Waals surface area contributed by atoms with Crippen LogP contribution in [-0.4, -0.2) is 27.3 Å². The van der Waals surface area contributed by atoms with Crippen LogP contribution in [0.4, 0.5) is 11.4 Å². The summed E-state index contributed by atoms with van der Waals surface area (Å²) in [6.07, 6.45) is 1.23. The predicted molar refractivity (Wildman–Crippen MR) is 139 cm³/mol. The number of benzene rings is 4. The topological polar surface area (TPSA) is 41.3 Å². The molecule has 4 nitrogen and oxygen atoms in total. The Labute approximate surface area is 200 Å². The van der Waals surface area contributed by atoms with Gasteiger partial charge in [-0.25, -0.2) is 4.98 Å². The Hall–Kier alpha value is -4.15.